The van der Waals surface area contributed by atoms with Crippen molar-refractivity contribution >= 4 is 29.0 Å². The van der Waals surface area contributed by atoms with Crippen LogP contribution in [0.1, 0.15) is 21.5 Å². The summed E-state index contributed by atoms with van der Waals surface area (Å²) in [5.74, 6) is -2.72. The van der Waals surface area contributed by atoms with Gasteiger partial charge in [-0.05, 0) is 43.2 Å². The number of nitrogens with zero attached hydrogens (tertiary/aromatic N) is 2. The fraction of sp³-hybridized carbons (Fsp3) is 0.176. The van der Waals surface area contributed by atoms with E-state index in [2.05, 4.69) is 10.3 Å². The normalized spacial score (nSPS) is 11.4. The molecule has 0 saturated carbocycles. The molecule has 1 N–H and O–H groups in total. The van der Waals surface area contributed by atoms with Gasteiger partial charge in [0.25, 0.3) is 0 Å². The minimum atomic E-state index is -1.45. The number of rotatable bonds is 4. The molecule has 0 radical (unpaired) electrons. The zero-order valence-electron chi connectivity index (χ0n) is 12.6. The number of aryl methyl sites for hydroxylation is 2. The third-order valence-electron chi connectivity index (χ3n) is 3.27. The maximum Gasteiger partial charge on any atom is 0.249 e. The highest BCUT2D eigenvalue weighted by Crippen LogP contribution is 2.21. The van der Waals surface area contributed by atoms with Gasteiger partial charge in [-0.1, -0.05) is 17.7 Å². The Labute approximate surface area is 138 Å². The summed E-state index contributed by atoms with van der Waals surface area (Å²) in [5, 5.41) is 12.3. The maximum absolute atomic E-state index is 12.4. The number of ketones is 1. The first-order valence-electron chi connectivity index (χ1n) is 6.85. The second kappa shape index (κ2) is 7.03. The molecule has 2 aromatic rings. The van der Waals surface area contributed by atoms with Gasteiger partial charge in [0.1, 0.15) is 0 Å². The predicted molar refractivity (Wildman–Crippen MR) is 87.2 cm³/mol. The molecule has 0 spiro atoms. The number of carbonyl (C=O) groups is 2. The molecule has 6 heteroatoms. The van der Waals surface area contributed by atoms with Crippen LogP contribution in [0.2, 0.25) is 5.02 Å². The first-order chi connectivity index (χ1) is 10.9. The fourth-order valence-corrected chi connectivity index (χ4v) is 2.20. The standard InChI is InChI=1S/C17H14ClN3O2/c1-10-5-12(9-20-8-10)16(22)14(7-19)17(23)21-15-6-13(18)4-3-11(15)2/h3-6,8-9,14H,1-2H3,(H,21,23)/t14-/m0/s1. The van der Waals surface area contributed by atoms with Crippen molar-refractivity contribution in [3.05, 3.63) is 58.4 Å². The highest BCUT2D eigenvalue weighted by atomic mass is 35.5. The van der Waals surface area contributed by atoms with E-state index < -0.39 is 17.6 Å². The summed E-state index contributed by atoms with van der Waals surface area (Å²) in [7, 11) is 0. The zero-order valence-corrected chi connectivity index (χ0v) is 13.4. The summed E-state index contributed by atoms with van der Waals surface area (Å²) < 4.78 is 0. The Kier molecular flexibility index (Phi) is 5.09. The maximum atomic E-state index is 12.4. The number of nitrogens with one attached hydrogen (secondary N) is 1. The van der Waals surface area contributed by atoms with Crippen LogP contribution in [0.4, 0.5) is 5.69 Å². The van der Waals surface area contributed by atoms with Crippen LogP contribution in [0.25, 0.3) is 0 Å². The molecule has 5 nitrogen and oxygen atoms in total. The lowest BCUT2D eigenvalue weighted by atomic mass is 9.98. The molecule has 0 aliphatic rings. The van der Waals surface area contributed by atoms with E-state index in [4.69, 9.17) is 11.6 Å². The SMILES string of the molecule is Cc1cncc(C(=O)[C@H](C#N)C(=O)Nc2cc(Cl)ccc2C)c1. The molecule has 1 amide bonds. The third kappa shape index (κ3) is 3.93. The summed E-state index contributed by atoms with van der Waals surface area (Å²) in [6.07, 6.45) is 2.94. The highest BCUT2D eigenvalue weighted by Gasteiger charge is 2.28. The van der Waals surface area contributed by atoms with E-state index in [-0.39, 0.29) is 5.56 Å². The van der Waals surface area contributed by atoms with Crippen LogP contribution in [-0.2, 0) is 4.79 Å². The van der Waals surface area contributed by atoms with Crippen LogP contribution in [0, 0.1) is 31.1 Å². The summed E-state index contributed by atoms with van der Waals surface area (Å²) in [6.45, 7) is 3.57. The molecule has 1 aromatic carbocycles. The zero-order chi connectivity index (χ0) is 17.0. The average Bonchev–Trinajstić information content (AvgIpc) is 2.51. The van der Waals surface area contributed by atoms with Gasteiger partial charge < -0.3 is 5.32 Å². The molecule has 0 unspecified atom stereocenters. The van der Waals surface area contributed by atoms with Crippen LogP contribution in [0.15, 0.2) is 36.7 Å². The Morgan fingerprint density at radius 3 is 2.65 bits per heavy atom. The molecule has 1 heterocycles. The number of nitriles is 1. The van der Waals surface area contributed by atoms with Crippen LogP contribution >= 0.6 is 11.6 Å². The van der Waals surface area contributed by atoms with Gasteiger partial charge in [0.05, 0.1) is 6.07 Å². The summed E-state index contributed by atoms with van der Waals surface area (Å²) in [6, 6.07) is 8.35. The number of amides is 1. The minimum Gasteiger partial charge on any atom is -0.324 e. The Morgan fingerprint density at radius 1 is 1.26 bits per heavy atom. The first kappa shape index (κ1) is 16.7. The van der Waals surface area contributed by atoms with Crippen molar-refractivity contribution in [3.8, 4) is 6.07 Å². The van der Waals surface area contributed by atoms with Crippen molar-refractivity contribution in [1.82, 2.24) is 4.98 Å². The van der Waals surface area contributed by atoms with Crippen molar-refractivity contribution in [3.63, 3.8) is 0 Å². The van der Waals surface area contributed by atoms with Gasteiger partial charge in [0.2, 0.25) is 5.91 Å². The number of aromatic nitrogens is 1. The number of hydrogen-bond acceptors (Lipinski definition) is 4. The van der Waals surface area contributed by atoms with Crippen molar-refractivity contribution in [1.29, 1.82) is 5.26 Å². The van der Waals surface area contributed by atoms with Crippen LogP contribution in [0.5, 0.6) is 0 Å². The lowest BCUT2D eigenvalue weighted by Crippen LogP contribution is -2.29. The monoisotopic (exact) mass is 327 g/mol. The lowest BCUT2D eigenvalue weighted by Gasteiger charge is -2.12. The van der Waals surface area contributed by atoms with Crippen molar-refractivity contribution in [2.45, 2.75) is 13.8 Å². The molecule has 1 aromatic heterocycles. The van der Waals surface area contributed by atoms with E-state index in [0.717, 1.165) is 11.1 Å². The molecule has 116 valence electrons. The number of carbonyl (C=O) groups excluding carboxylic acids is 2. The second-order valence-corrected chi connectivity index (χ2v) is 5.56. The number of anilines is 1. The number of halogens is 1. The summed E-state index contributed by atoms with van der Waals surface area (Å²) >= 11 is 5.90. The molecular weight excluding hydrogens is 314 g/mol. The highest BCUT2D eigenvalue weighted by molar-refractivity contribution is 6.31. The van der Waals surface area contributed by atoms with Gasteiger partial charge in [-0.2, -0.15) is 5.26 Å². The lowest BCUT2D eigenvalue weighted by molar-refractivity contribution is -0.117. The number of benzene rings is 1. The van der Waals surface area contributed by atoms with Crippen LogP contribution in [-0.4, -0.2) is 16.7 Å². The topological polar surface area (TPSA) is 82.8 Å². The smallest absolute Gasteiger partial charge is 0.249 e. The quantitative estimate of drug-likeness (QED) is 0.689. The summed E-state index contributed by atoms with van der Waals surface area (Å²) in [4.78, 5) is 28.6. The average molecular weight is 328 g/mol. The molecule has 0 fully saturated rings. The molecule has 23 heavy (non-hydrogen) atoms. The molecule has 0 bridgehead atoms. The van der Waals surface area contributed by atoms with Crippen molar-refractivity contribution in [2.75, 3.05) is 5.32 Å². The third-order valence-corrected chi connectivity index (χ3v) is 3.51. The van der Waals surface area contributed by atoms with Gasteiger partial charge in [0.15, 0.2) is 11.7 Å². The molecule has 2 rings (SSSR count). The van der Waals surface area contributed by atoms with Crippen LogP contribution < -0.4 is 5.32 Å². The molecule has 0 aliphatic carbocycles. The van der Waals surface area contributed by atoms with Gasteiger partial charge >= 0.3 is 0 Å². The fourth-order valence-electron chi connectivity index (χ4n) is 2.03. The predicted octanol–water partition coefficient (Wildman–Crippen LogP) is 3.31. The number of pyridine rings is 1. The molecule has 0 saturated heterocycles. The van der Waals surface area contributed by atoms with E-state index in [1.165, 1.54) is 6.20 Å². The Balaban J connectivity index is 2.24. The second-order valence-electron chi connectivity index (χ2n) is 5.13. The number of hydrogen-bond donors (Lipinski definition) is 1. The summed E-state index contributed by atoms with van der Waals surface area (Å²) in [5.41, 5.74) is 2.26. The van der Waals surface area contributed by atoms with Gasteiger partial charge in [-0.15, -0.1) is 0 Å². The van der Waals surface area contributed by atoms with E-state index in [9.17, 15) is 14.9 Å². The number of Topliss-reactive ketones (excluding diaryl/α,β-unsaturated/α-hetero) is 1. The molecular formula is C17H14ClN3O2. The van der Waals surface area contributed by atoms with Crippen molar-refractivity contribution in [2.24, 2.45) is 5.92 Å². The van der Waals surface area contributed by atoms with Gasteiger partial charge in [-0.25, -0.2) is 0 Å². The van der Waals surface area contributed by atoms with E-state index >= 15 is 0 Å². The van der Waals surface area contributed by atoms with Crippen molar-refractivity contribution < 1.29 is 9.59 Å². The van der Waals surface area contributed by atoms with Crippen LogP contribution in [0.3, 0.4) is 0 Å². The Bertz CT molecular complexity index is 812. The van der Waals surface area contributed by atoms with E-state index in [0.29, 0.717) is 10.7 Å². The molecule has 1 atom stereocenters. The van der Waals surface area contributed by atoms with E-state index in [1.807, 2.05) is 0 Å². The van der Waals surface area contributed by atoms with Gasteiger partial charge in [-0.3, -0.25) is 14.6 Å². The van der Waals surface area contributed by atoms with Gasteiger partial charge in [0, 0.05) is 28.7 Å². The first-order valence-corrected chi connectivity index (χ1v) is 7.22. The van der Waals surface area contributed by atoms with E-state index in [1.54, 1.807) is 50.4 Å². The Hall–Kier alpha value is -2.71. The largest absolute Gasteiger partial charge is 0.324 e. The Morgan fingerprint density at radius 2 is 2.00 bits per heavy atom. The molecule has 0 aliphatic heterocycles. The minimum absolute atomic E-state index is 0.231.